The van der Waals surface area contributed by atoms with Crippen molar-refractivity contribution >= 4 is 18.7 Å². The molecule has 5 nitrogen and oxygen atoms in total. The molecule has 0 saturated heterocycles. The van der Waals surface area contributed by atoms with Gasteiger partial charge in [-0.2, -0.15) is 0 Å². The highest BCUT2D eigenvalue weighted by Crippen LogP contribution is 2.16. The lowest BCUT2D eigenvalue weighted by molar-refractivity contribution is -0.126. The van der Waals surface area contributed by atoms with Crippen LogP contribution in [0.25, 0.3) is 0 Å². The molecule has 0 aliphatic carbocycles. The molecule has 1 N–H and O–H groups in total. The maximum atomic E-state index is 11.5. The van der Waals surface area contributed by atoms with Gasteiger partial charge in [0.25, 0.3) is 5.91 Å². The van der Waals surface area contributed by atoms with Crippen LogP contribution in [0.2, 0.25) is 0 Å². The average molecular weight is 207 g/mol. The summed E-state index contributed by atoms with van der Waals surface area (Å²) in [6.45, 7) is 1.60. The number of aryl methyl sites for hydroxylation is 1. The second kappa shape index (κ2) is 4.36. The fourth-order valence-corrected chi connectivity index (χ4v) is 1.15. The van der Waals surface area contributed by atoms with Crippen LogP contribution >= 0.6 is 0 Å². The van der Waals surface area contributed by atoms with Crippen molar-refractivity contribution in [3.8, 4) is 5.75 Å². The monoisotopic (exact) mass is 207 g/mol. The van der Waals surface area contributed by atoms with E-state index in [0.29, 0.717) is 10.5 Å². The van der Waals surface area contributed by atoms with Crippen LogP contribution in [-0.2, 0) is 9.59 Å². The molecule has 0 saturated carbocycles. The number of phenols is 1. The summed E-state index contributed by atoms with van der Waals surface area (Å²) in [6, 6.07) is 4.04. The fourth-order valence-electron chi connectivity index (χ4n) is 1.15. The number of amides is 3. The van der Waals surface area contributed by atoms with Crippen molar-refractivity contribution < 1.29 is 19.5 Å². The van der Waals surface area contributed by atoms with E-state index in [9.17, 15) is 14.4 Å². The van der Waals surface area contributed by atoms with Gasteiger partial charge in [-0.05, 0) is 30.7 Å². The van der Waals surface area contributed by atoms with Crippen LogP contribution in [0.1, 0.15) is 15.9 Å². The average Bonchev–Trinajstić information content (AvgIpc) is 2.19. The van der Waals surface area contributed by atoms with Gasteiger partial charge >= 0.3 is 0 Å². The van der Waals surface area contributed by atoms with Gasteiger partial charge in [0.05, 0.1) is 0 Å². The first-order valence-corrected chi connectivity index (χ1v) is 4.13. The number of phenolic OH excluding ortho intramolecular Hbond substituents is 1. The third-order valence-corrected chi connectivity index (χ3v) is 1.90. The molecule has 78 valence electrons. The summed E-state index contributed by atoms with van der Waals surface area (Å²) < 4.78 is 0. The summed E-state index contributed by atoms with van der Waals surface area (Å²) in [6.07, 6.45) is 0.281. The smallest absolute Gasteiger partial charge is 0.267 e. The Bertz CT molecular complexity index is 406. The minimum Gasteiger partial charge on any atom is -0.508 e. The molecule has 0 bridgehead atoms. The maximum absolute atomic E-state index is 11.5. The van der Waals surface area contributed by atoms with Gasteiger partial charge in [-0.1, -0.05) is 0 Å². The predicted molar refractivity (Wildman–Crippen MR) is 51.1 cm³/mol. The lowest BCUT2D eigenvalue weighted by Crippen LogP contribution is -2.28. The Hall–Kier alpha value is -2.17. The highest BCUT2D eigenvalue weighted by atomic mass is 16.3. The second-order valence-corrected chi connectivity index (χ2v) is 2.92. The molecule has 0 aliphatic rings. The number of rotatable bonds is 3. The first kappa shape index (κ1) is 10.9. The van der Waals surface area contributed by atoms with E-state index in [1.165, 1.54) is 18.2 Å². The van der Waals surface area contributed by atoms with Gasteiger partial charge in [0.15, 0.2) is 0 Å². The Morgan fingerprint density at radius 2 is 1.93 bits per heavy atom. The van der Waals surface area contributed by atoms with Crippen molar-refractivity contribution in [2.45, 2.75) is 6.92 Å². The molecule has 15 heavy (non-hydrogen) atoms. The molecule has 0 aliphatic heterocycles. The van der Waals surface area contributed by atoms with E-state index >= 15 is 0 Å². The van der Waals surface area contributed by atoms with Gasteiger partial charge < -0.3 is 5.11 Å². The zero-order valence-electron chi connectivity index (χ0n) is 8.01. The van der Waals surface area contributed by atoms with Crippen LogP contribution in [-0.4, -0.2) is 28.7 Å². The first-order valence-electron chi connectivity index (χ1n) is 4.13. The fraction of sp³-hybridized carbons (Fsp3) is 0.100. The van der Waals surface area contributed by atoms with Crippen molar-refractivity contribution in [3.05, 3.63) is 29.3 Å². The summed E-state index contributed by atoms with van der Waals surface area (Å²) >= 11 is 0. The number of carbonyl (C=O) groups is 3. The minimum absolute atomic E-state index is 0.0211. The Balaban J connectivity index is 3.11. The zero-order chi connectivity index (χ0) is 11.4. The van der Waals surface area contributed by atoms with Crippen molar-refractivity contribution in [1.29, 1.82) is 0 Å². The zero-order valence-corrected chi connectivity index (χ0v) is 8.01. The lowest BCUT2D eigenvalue weighted by Gasteiger charge is -2.09. The van der Waals surface area contributed by atoms with Crippen LogP contribution in [0.3, 0.4) is 0 Å². The van der Waals surface area contributed by atoms with Gasteiger partial charge in [-0.25, -0.2) is 4.90 Å². The highest BCUT2D eigenvalue weighted by Gasteiger charge is 2.16. The van der Waals surface area contributed by atoms with Crippen LogP contribution in [0, 0.1) is 6.92 Å². The molecule has 1 aromatic carbocycles. The van der Waals surface area contributed by atoms with Gasteiger partial charge in [0, 0.05) is 5.56 Å². The number of nitrogens with zero attached hydrogens (tertiary/aromatic N) is 1. The second-order valence-electron chi connectivity index (χ2n) is 2.92. The third-order valence-electron chi connectivity index (χ3n) is 1.90. The summed E-state index contributed by atoms with van der Waals surface area (Å²) in [7, 11) is 0. The molecule has 0 heterocycles. The first-order chi connectivity index (χ1) is 7.10. The molecule has 5 heteroatoms. The van der Waals surface area contributed by atoms with Crippen molar-refractivity contribution in [1.82, 2.24) is 4.90 Å². The standard InChI is InChI=1S/C10H9NO4/c1-7-4-8(14)2-3-9(7)10(15)11(5-12)6-13/h2-6,14H,1H3. The van der Waals surface area contributed by atoms with E-state index in [1.54, 1.807) is 6.92 Å². The SMILES string of the molecule is Cc1cc(O)ccc1C(=O)N(C=O)C=O. The van der Waals surface area contributed by atoms with Crippen LogP contribution < -0.4 is 0 Å². The molecule has 0 unspecified atom stereocenters. The van der Waals surface area contributed by atoms with E-state index in [-0.39, 0.29) is 24.1 Å². The largest absolute Gasteiger partial charge is 0.508 e. The molecule has 1 rings (SSSR count). The number of hydrogen-bond donors (Lipinski definition) is 1. The van der Waals surface area contributed by atoms with Crippen molar-refractivity contribution in [3.63, 3.8) is 0 Å². The molecular weight excluding hydrogens is 198 g/mol. The normalized spacial score (nSPS) is 9.40. The molecular formula is C10H9NO4. The van der Waals surface area contributed by atoms with Gasteiger partial charge in [0.1, 0.15) is 5.75 Å². The summed E-state index contributed by atoms with van der Waals surface area (Å²) in [5, 5.41) is 9.11. The summed E-state index contributed by atoms with van der Waals surface area (Å²) in [5.74, 6) is -0.690. The van der Waals surface area contributed by atoms with E-state index in [1.807, 2.05) is 0 Å². The van der Waals surface area contributed by atoms with Crippen LogP contribution in [0.5, 0.6) is 5.75 Å². The maximum Gasteiger partial charge on any atom is 0.267 e. The summed E-state index contributed by atoms with van der Waals surface area (Å²) in [5.41, 5.74) is 0.695. The topological polar surface area (TPSA) is 74.7 Å². The number of aromatic hydroxyl groups is 1. The summed E-state index contributed by atoms with van der Waals surface area (Å²) in [4.78, 5) is 32.6. The molecule has 1 aromatic rings. The van der Waals surface area contributed by atoms with Gasteiger partial charge in [-0.3, -0.25) is 14.4 Å². The number of carbonyl (C=O) groups excluding carboxylic acids is 3. The minimum atomic E-state index is -0.711. The Morgan fingerprint density at radius 1 is 1.33 bits per heavy atom. The molecule has 3 amide bonds. The third kappa shape index (κ3) is 2.19. The van der Waals surface area contributed by atoms with E-state index in [2.05, 4.69) is 0 Å². The van der Waals surface area contributed by atoms with Crippen LogP contribution in [0.4, 0.5) is 0 Å². The van der Waals surface area contributed by atoms with E-state index in [0.717, 1.165) is 0 Å². The molecule has 0 atom stereocenters. The number of imide groups is 3. The number of hydrogen-bond acceptors (Lipinski definition) is 4. The van der Waals surface area contributed by atoms with E-state index in [4.69, 9.17) is 5.11 Å². The Morgan fingerprint density at radius 3 is 2.40 bits per heavy atom. The van der Waals surface area contributed by atoms with Crippen molar-refractivity contribution in [2.75, 3.05) is 0 Å². The Kier molecular flexibility index (Phi) is 3.17. The lowest BCUT2D eigenvalue weighted by atomic mass is 10.1. The van der Waals surface area contributed by atoms with E-state index < -0.39 is 5.91 Å². The predicted octanol–water partition coefficient (Wildman–Crippen LogP) is 0.456. The molecule has 0 aromatic heterocycles. The van der Waals surface area contributed by atoms with Crippen molar-refractivity contribution in [2.24, 2.45) is 0 Å². The molecule has 0 spiro atoms. The molecule has 0 fully saturated rings. The molecule has 0 radical (unpaired) electrons. The number of benzene rings is 1. The quantitative estimate of drug-likeness (QED) is 0.730. The highest BCUT2D eigenvalue weighted by molar-refractivity contribution is 6.07. The Labute approximate surface area is 85.9 Å². The van der Waals surface area contributed by atoms with Gasteiger partial charge in [0.2, 0.25) is 12.8 Å². The van der Waals surface area contributed by atoms with Gasteiger partial charge in [-0.15, -0.1) is 0 Å². The van der Waals surface area contributed by atoms with Crippen LogP contribution in [0.15, 0.2) is 18.2 Å².